The summed E-state index contributed by atoms with van der Waals surface area (Å²) >= 11 is 2.85. The molecule has 1 aliphatic heterocycles. The zero-order valence-electron chi connectivity index (χ0n) is 23.2. The standard InChI is InChI=1S/C29H39N3O5S2/c1-29(2,3)37-28(35)39-22-15-21(31-18-22)17-30-20-11-12-23(24(16-20)19-9-7-6-8-10-19)26(33)32-25(13-14-38-5)27(34)36-4/h6-12,16,21-22,25,30-31H,13-15,17-18H2,1-5H3,(H,32,33). The van der Waals surface area contributed by atoms with Crippen LogP contribution in [-0.2, 0) is 14.3 Å². The van der Waals surface area contributed by atoms with Crippen LogP contribution in [-0.4, -0.2) is 72.3 Å². The minimum atomic E-state index is -0.712. The predicted molar refractivity (Wildman–Crippen MR) is 161 cm³/mol. The van der Waals surface area contributed by atoms with E-state index in [0.717, 1.165) is 35.5 Å². The van der Waals surface area contributed by atoms with Crippen LogP contribution in [0.15, 0.2) is 48.5 Å². The van der Waals surface area contributed by atoms with Crippen LogP contribution in [0.1, 0.15) is 44.0 Å². The first-order chi connectivity index (χ1) is 18.6. The molecule has 1 amide bonds. The summed E-state index contributed by atoms with van der Waals surface area (Å²) in [6.07, 6.45) is 3.28. The van der Waals surface area contributed by atoms with Crippen LogP contribution < -0.4 is 16.0 Å². The van der Waals surface area contributed by atoms with Crippen molar-refractivity contribution in [3.05, 3.63) is 54.1 Å². The summed E-state index contributed by atoms with van der Waals surface area (Å²) in [5.74, 6) is -0.0543. The van der Waals surface area contributed by atoms with Crippen molar-refractivity contribution in [2.75, 3.05) is 37.5 Å². The lowest BCUT2D eigenvalue weighted by molar-refractivity contribution is -0.142. The van der Waals surface area contributed by atoms with Gasteiger partial charge >= 0.3 is 11.3 Å². The van der Waals surface area contributed by atoms with E-state index in [1.807, 2.05) is 69.5 Å². The Balaban J connectivity index is 1.69. The molecule has 2 aromatic carbocycles. The Morgan fingerprint density at radius 3 is 2.54 bits per heavy atom. The van der Waals surface area contributed by atoms with E-state index in [9.17, 15) is 14.4 Å². The molecule has 39 heavy (non-hydrogen) atoms. The van der Waals surface area contributed by atoms with Crippen molar-refractivity contribution in [2.24, 2.45) is 0 Å². The number of anilines is 1. The summed E-state index contributed by atoms with van der Waals surface area (Å²) in [5.41, 5.74) is 2.54. The first-order valence-corrected chi connectivity index (χ1v) is 15.3. The summed E-state index contributed by atoms with van der Waals surface area (Å²) in [6, 6.07) is 14.8. The van der Waals surface area contributed by atoms with Gasteiger partial charge in [-0.15, -0.1) is 0 Å². The molecule has 212 valence electrons. The third-order valence-corrected chi connectivity index (χ3v) is 7.75. The molecule has 8 nitrogen and oxygen atoms in total. The molecule has 1 saturated heterocycles. The predicted octanol–water partition coefficient (Wildman–Crippen LogP) is 5.19. The Kier molecular flexibility index (Phi) is 11.6. The number of carbonyl (C=O) groups excluding carboxylic acids is 3. The fourth-order valence-electron chi connectivity index (χ4n) is 4.25. The van der Waals surface area contributed by atoms with Crippen LogP contribution >= 0.6 is 23.5 Å². The van der Waals surface area contributed by atoms with Gasteiger partial charge in [-0.05, 0) is 86.7 Å². The Morgan fingerprint density at radius 1 is 1.13 bits per heavy atom. The van der Waals surface area contributed by atoms with Crippen molar-refractivity contribution in [3.63, 3.8) is 0 Å². The van der Waals surface area contributed by atoms with Crippen molar-refractivity contribution in [1.82, 2.24) is 10.6 Å². The summed E-state index contributed by atoms with van der Waals surface area (Å²) in [6.45, 7) is 7.01. The fourth-order valence-corrected chi connectivity index (χ4v) is 5.80. The zero-order chi connectivity index (χ0) is 28.4. The highest BCUT2D eigenvalue weighted by Crippen LogP contribution is 2.29. The second-order valence-electron chi connectivity index (χ2n) is 10.4. The zero-order valence-corrected chi connectivity index (χ0v) is 24.9. The molecule has 10 heteroatoms. The Morgan fingerprint density at radius 2 is 1.87 bits per heavy atom. The molecule has 0 saturated carbocycles. The lowest BCUT2D eigenvalue weighted by Crippen LogP contribution is -2.42. The van der Waals surface area contributed by atoms with Crippen molar-refractivity contribution in [2.45, 2.75) is 56.5 Å². The monoisotopic (exact) mass is 573 g/mol. The smallest absolute Gasteiger partial charge is 0.368 e. The number of methoxy groups -OCH3 is 1. The molecule has 3 unspecified atom stereocenters. The van der Waals surface area contributed by atoms with E-state index in [-0.39, 0.29) is 22.5 Å². The van der Waals surface area contributed by atoms with Gasteiger partial charge in [0, 0.05) is 35.6 Å². The van der Waals surface area contributed by atoms with Gasteiger partial charge in [0.25, 0.3) is 5.91 Å². The highest BCUT2D eigenvalue weighted by atomic mass is 32.2. The number of ether oxygens (including phenoxy) is 2. The molecule has 3 N–H and O–H groups in total. The summed E-state index contributed by atoms with van der Waals surface area (Å²) in [7, 11) is 1.33. The number of hydrogen-bond acceptors (Lipinski definition) is 9. The molecule has 0 bridgehead atoms. The van der Waals surface area contributed by atoms with Gasteiger partial charge < -0.3 is 25.4 Å². The summed E-state index contributed by atoms with van der Waals surface area (Å²) < 4.78 is 10.3. The Bertz CT molecular complexity index is 1120. The molecule has 0 aliphatic carbocycles. The van der Waals surface area contributed by atoms with E-state index in [0.29, 0.717) is 18.5 Å². The quantitative estimate of drug-likeness (QED) is 0.313. The molecule has 1 aliphatic rings. The molecule has 1 heterocycles. The van der Waals surface area contributed by atoms with Gasteiger partial charge in [-0.2, -0.15) is 11.8 Å². The third kappa shape index (κ3) is 9.77. The number of hydrogen-bond donors (Lipinski definition) is 3. The van der Waals surface area contributed by atoms with E-state index >= 15 is 0 Å². The van der Waals surface area contributed by atoms with E-state index < -0.39 is 17.6 Å². The number of benzene rings is 2. The fraction of sp³-hybridized carbons (Fsp3) is 0.483. The Labute approximate surface area is 239 Å². The molecular weight excluding hydrogens is 534 g/mol. The van der Waals surface area contributed by atoms with Gasteiger partial charge in [-0.3, -0.25) is 4.79 Å². The average molecular weight is 574 g/mol. The van der Waals surface area contributed by atoms with Crippen molar-refractivity contribution in [3.8, 4) is 11.1 Å². The number of esters is 1. The average Bonchev–Trinajstić information content (AvgIpc) is 3.35. The SMILES string of the molecule is COC(=O)C(CCSC)NC(=O)c1ccc(NCC2CC(SC(=O)OC(C)(C)C)CN2)cc1-c1ccccc1. The number of rotatable bonds is 11. The van der Waals surface area contributed by atoms with Crippen molar-refractivity contribution >= 4 is 46.4 Å². The van der Waals surface area contributed by atoms with E-state index in [2.05, 4.69) is 16.0 Å². The lowest BCUT2D eigenvalue weighted by Gasteiger charge is -2.20. The molecule has 0 spiro atoms. The van der Waals surface area contributed by atoms with Crippen LogP contribution in [0.4, 0.5) is 10.5 Å². The second-order valence-corrected chi connectivity index (χ2v) is 12.6. The van der Waals surface area contributed by atoms with Crippen LogP contribution in [0.3, 0.4) is 0 Å². The highest BCUT2D eigenvalue weighted by Gasteiger charge is 2.29. The second kappa shape index (κ2) is 14.6. The van der Waals surface area contributed by atoms with Gasteiger partial charge in [0.15, 0.2) is 0 Å². The number of amides is 1. The summed E-state index contributed by atoms with van der Waals surface area (Å²) in [5, 5.41) is 9.73. The summed E-state index contributed by atoms with van der Waals surface area (Å²) in [4.78, 5) is 37.8. The first kappa shape index (κ1) is 30.8. The van der Waals surface area contributed by atoms with Gasteiger partial charge in [-0.25, -0.2) is 9.59 Å². The molecule has 3 atom stereocenters. The third-order valence-electron chi connectivity index (χ3n) is 6.14. The maximum absolute atomic E-state index is 13.3. The van der Waals surface area contributed by atoms with E-state index in [1.54, 1.807) is 17.8 Å². The lowest BCUT2D eigenvalue weighted by atomic mass is 9.98. The minimum absolute atomic E-state index is 0.159. The largest absolute Gasteiger partial charge is 0.467 e. The maximum Gasteiger partial charge on any atom is 0.368 e. The van der Waals surface area contributed by atoms with E-state index in [1.165, 1.54) is 18.9 Å². The molecule has 3 rings (SSSR count). The molecule has 0 radical (unpaired) electrons. The van der Waals surface area contributed by atoms with Crippen LogP contribution in [0, 0.1) is 0 Å². The van der Waals surface area contributed by atoms with Gasteiger partial charge in [0.05, 0.1) is 7.11 Å². The van der Waals surface area contributed by atoms with E-state index in [4.69, 9.17) is 9.47 Å². The van der Waals surface area contributed by atoms with Gasteiger partial charge in [-0.1, -0.05) is 30.3 Å². The Hall–Kier alpha value is -2.69. The van der Waals surface area contributed by atoms with Crippen molar-refractivity contribution < 1.29 is 23.9 Å². The normalized spacial score (nSPS) is 17.8. The number of thioether (sulfide) groups is 2. The van der Waals surface area contributed by atoms with Crippen molar-refractivity contribution in [1.29, 1.82) is 0 Å². The highest BCUT2D eigenvalue weighted by molar-refractivity contribution is 8.13. The topological polar surface area (TPSA) is 106 Å². The molecule has 1 fully saturated rings. The minimum Gasteiger partial charge on any atom is -0.467 e. The van der Waals surface area contributed by atoms with Gasteiger partial charge in [0.2, 0.25) is 0 Å². The van der Waals surface area contributed by atoms with Crippen LogP contribution in [0.5, 0.6) is 0 Å². The maximum atomic E-state index is 13.3. The molecule has 0 aromatic heterocycles. The van der Waals surface area contributed by atoms with Crippen LogP contribution in [0.25, 0.3) is 11.1 Å². The van der Waals surface area contributed by atoms with Crippen LogP contribution in [0.2, 0.25) is 0 Å². The molecular formula is C29H39N3O5S2. The number of carbonyl (C=O) groups is 3. The first-order valence-electron chi connectivity index (χ1n) is 13.0. The molecule has 2 aromatic rings. The van der Waals surface area contributed by atoms with Gasteiger partial charge in [0.1, 0.15) is 11.6 Å². The number of nitrogens with one attached hydrogen (secondary N) is 3.